The van der Waals surface area contributed by atoms with Crippen LogP contribution in [0.2, 0.25) is 0 Å². The van der Waals surface area contributed by atoms with Crippen molar-refractivity contribution in [1.82, 2.24) is 0 Å². The summed E-state index contributed by atoms with van der Waals surface area (Å²) in [6.45, 7) is 2.14. The van der Waals surface area contributed by atoms with Gasteiger partial charge in [-0.2, -0.15) is 0 Å². The van der Waals surface area contributed by atoms with E-state index in [1.807, 2.05) is 25.1 Å². The number of hydrogen-bond donors (Lipinski definition) is 1. The van der Waals surface area contributed by atoms with Crippen LogP contribution in [0.5, 0.6) is 23.0 Å². The molecular formula is C23H24O6. The van der Waals surface area contributed by atoms with Crippen LogP contribution in [0.15, 0.2) is 24.3 Å². The molecular weight excluding hydrogens is 372 g/mol. The summed E-state index contributed by atoms with van der Waals surface area (Å²) in [6.07, 6.45) is 0.505. The smallest absolute Gasteiger partial charge is 0.231 e. The molecule has 1 fully saturated rings. The summed E-state index contributed by atoms with van der Waals surface area (Å²) >= 11 is 0. The largest absolute Gasteiger partial charge is 0.493 e. The first kappa shape index (κ1) is 18.3. The Kier molecular flexibility index (Phi) is 4.21. The Labute approximate surface area is 169 Å². The summed E-state index contributed by atoms with van der Waals surface area (Å²) < 4.78 is 22.2. The van der Waals surface area contributed by atoms with Crippen molar-refractivity contribution < 1.29 is 28.8 Å². The Hall–Kier alpha value is -2.73. The summed E-state index contributed by atoms with van der Waals surface area (Å²) in [7, 11) is 3.23. The van der Waals surface area contributed by atoms with Crippen molar-refractivity contribution in [2.24, 2.45) is 11.8 Å². The highest BCUT2D eigenvalue weighted by atomic mass is 16.7. The van der Waals surface area contributed by atoms with Crippen LogP contribution in [0, 0.1) is 18.8 Å². The number of hydrogen-bond acceptors (Lipinski definition) is 6. The predicted octanol–water partition coefficient (Wildman–Crippen LogP) is 3.52. The number of Topliss-reactive ketones (excluding diaryl/α,β-unsaturated/α-hetero) is 1. The molecule has 0 bridgehead atoms. The molecule has 5 rings (SSSR count). The monoisotopic (exact) mass is 396 g/mol. The predicted molar refractivity (Wildman–Crippen MR) is 105 cm³/mol. The highest BCUT2D eigenvalue weighted by Gasteiger charge is 2.50. The highest BCUT2D eigenvalue weighted by molar-refractivity contribution is 5.86. The van der Waals surface area contributed by atoms with Gasteiger partial charge in [0.2, 0.25) is 6.79 Å². The molecule has 0 saturated heterocycles. The number of ether oxygens (including phenoxy) is 4. The molecule has 0 amide bonds. The van der Waals surface area contributed by atoms with E-state index in [9.17, 15) is 9.90 Å². The van der Waals surface area contributed by atoms with Gasteiger partial charge in [-0.3, -0.25) is 4.79 Å². The lowest BCUT2D eigenvalue weighted by atomic mass is 9.66. The summed E-state index contributed by atoms with van der Waals surface area (Å²) in [5.41, 5.74) is 3.67. The van der Waals surface area contributed by atoms with Crippen LogP contribution in [0.25, 0.3) is 0 Å². The van der Waals surface area contributed by atoms with Crippen LogP contribution in [-0.2, 0) is 4.79 Å². The maximum Gasteiger partial charge on any atom is 0.231 e. The van der Waals surface area contributed by atoms with Gasteiger partial charge in [0.1, 0.15) is 5.78 Å². The zero-order valence-corrected chi connectivity index (χ0v) is 16.7. The van der Waals surface area contributed by atoms with E-state index >= 15 is 0 Å². The lowest BCUT2D eigenvalue weighted by Crippen LogP contribution is -2.33. The molecule has 29 heavy (non-hydrogen) atoms. The first-order valence-corrected chi connectivity index (χ1v) is 9.90. The van der Waals surface area contributed by atoms with Gasteiger partial charge in [0.25, 0.3) is 0 Å². The molecule has 0 spiro atoms. The fraction of sp³-hybridized carbons (Fsp3) is 0.435. The third kappa shape index (κ3) is 2.62. The van der Waals surface area contributed by atoms with Crippen molar-refractivity contribution >= 4 is 5.78 Å². The second-order valence-corrected chi connectivity index (χ2v) is 8.02. The first-order valence-electron chi connectivity index (χ1n) is 9.90. The van der Waals surface area contributed by atoms with Crippen molar-refractivity contribution in [1.29, 1.82) is 0 Å². The van der Waals surface area contributed by atoms with E-state index in [1.54, 1.807) is 14.2 Å². The molecule has 0 radical (unpaired) electrons. The topological polar surface area (TPSA) is 74.2 Å². The molecule has 6 nitrogen and oxygen atoms in total. The van der Waals surface area contributed by atoms with Gasteiger partial charge in [-0.05, 0) is 53.8 Å². The lowest BCUT2D eigenvalue weighted by Gasteiger charge is -2.39. The van der Waals surface area contributed by atoms with Gasteiger partial charge >= 0.3 is 0 Å². The van der Waals surface area contributed by atoms with E-state index in [2.05, 4.69) is 6.07 Å². The fourth-order valence-corrected chi connectivity index (χ4v) is 5.35. The maximum atomic E-state index is 12.9. The molecule has 6 heteroatoms. The number of methoxy groups -OCH3 is 2. The van der Waals surface area contributed by atoms with Crippen molar-refractivity contribution in [2.75, 3.05) is 21.0 Å². The van der Waals surface area contributed by atoms with E-state index in [0.717, 1.165) is 22.3 Å². The summed E-state index contributed by atoms with van der Waals surface area (Å²) in [5, 5.41) is 11.1. The van der Waals surface area contributed by atoms with Gasteiger partial charge in [-0.1, -0.05) is 6.07 Å². The minimum absolute atomic E-state index is 0.103. The Bertz CT molecular complexity index is 997. The zero-order chi connectivity index (χ0) is 20.3. The molecule has 0 unspecified atom stereocenters. The highest BCUT2D eigenvalue weighted by Crippen LogP contribution is 2.56. The van der Waals surface area contributed by atoms with Crippen molar-refractivity contribution in [3.05, 3.63) is 46.5 Å². The van der Waals surface area contributed by atoms with Crippen LogP contribution in [0.4, 0.5) is 0 Å². The number of aliphatic hydroxyl groups excluding tert-OH is 1. The van der Waals surface area contributed by atoms with E-state index in [0.29, 0.717) is 35.8 Å². The number of ketones is 1. The number of fused-ring (bicyclic) bond motifs is 3. The van der Waals surface area contributed by atoms with E-state index in [4.69, 9.17) is 18.9 Å². The second kappa shape index (κ2) is 6.66. The zero-order valence-electron chi connectivity index (χ0n) is 16.7. The van der Waals surface area contributed by atoms with E-state index in [-0.39, 0.29) is 30.3 Å². The fourth-order valence-electron chi connectivity index (χ4n) is 5.35. The number of aliphatic hydroxyl groups is 1. The van der Waals surface area contributed by atoms with E-state index < -0.39 is 6.10 Å². The van der Waals surface area contributed by atoms with Crippen LogP contribution >= 0.6 is 0 Å². The van der Waals surface area contributed by atoms with Gasteiger partial charge in [0.15, 0.2) is 23.0 Å². The molecule has 1 heterocycles. The van der Waals surface area contributed by atoms with Crippen LogP contribution < -0.4 is 18.9 Å². The average Bonchev–Trinajstić information content (AvgIpc) is 3.33. The van der Waals surface area contributed by atoms with Gasteiger partial charge in [0, 0.05) is 24.2 Å². The third-order valence-electron chi connectivity index (χ3n) is 6.60. The van der Waals surface area contributed by atoms with Crippen molar-refractivity contribution in [2.45, 2.75) is 31.8 Å². The standard InChI is InChI=1S/C23H24O6/c1-11-6-12(7-19(26-2)23(11)27-3)20-14-8-17-18(29-10-28-17)9-15(14)22(25)13-4-5-16(24)21(13)20/h6-9,13,20-22,25H,4-5,10H2,1-3H3/t13-,20+,21+,22+/m0/s1. The minimum Gasteiger partial charge on any atom is -0.493 e. The SMILES string of the molecule is COc1cc([C@@H]2c3cc4c(cc3[C@H](O)[C@H]3CCC(=O)[C@H]23)OCO4)cc(C)c1OC. The lowest BCUT2D eigenvalue weighted by molar-refractivity contribution is -0.122. The minimum atomic E-state index is -0.687. The van der Waals surface area contributed by atoms with Crippen molar-refractivity contribution in [3.63, 3.8) is 0 Å². The third-order valence-corrected chi connectivity index (χ3v) is 6.60. The molecule has 4 atom stereocenters. The number of aryl methyl sites for hydroxylation is 1. The normalized spacial score (nSPS) is 26.8. The summed E-state index contributed by atoms with van der Waals surface area (Å²) in [6, 6.07) is 7.81. The number of carbonyl (C=O) groups is 1. The quantitative estimate of drug-likeness (QED) is 0.856. The Morgan fingerprint density at radius 1 is 1.03 bits per heavy atom. The van der Waals surface area contributed by atoms with Gasteiger partial charge < -0.3 is 24.1 Å². The molecule has 1 saturated carbocycles. The summed E-state index contributed by atoms with van der Waals surface area (Å²) in [4.78, 5) is 12.9. The van der Waals surface area contributed by atoms with Gasteiger partial charge in [-0.25, -0.2) is 0 Å². The second-order valence-electron chi connectivity index (χ2n) is 8.02. The number of carbonyl (C=O) groups excluding carboxylic acids is 1. The number of benzene rings is 2. The molecule has 1 aliphatic heterocycles. The Morgan fingerprint density at radius 3 is 2.45 bits per heavy atom. The first-order chi connectivity index (χ1) is 14.0. The number of rotatable bonds is 3. The molecule has 152 valence electrons. The molecule has 1 N–H and O–H groups in total. The van der Waals surface area contributed by atoms with Gasteiger partial charge in [0.05, 0.1) is 20.3 Å². The molecule has 0 aromatic heterocycles. The van der Waals surface area contributed by atoms with Crippen LogP contribution in [0.3, 0.4) is 0 Å². The molecule has 2 aromatic carbocycles. The van der Waals surface area contributed by atoms with Crippen LogP contribution in [0.1, 0.15) is 47.1 Å². The van der Waals surface area contributed by atoms with Crippen LogP contribution in [-0.4, -0.2) is 31.9 Å². The van der Waals surface area contributed by atoms with E-state index in [1.165, 1.54) is 0 Å². The maximum absolute atomic E-state index is 12.9. The average molecular weight is 396 g/mol. The van der Waals surface area contributed by atoms with Crippen molar-refractivity contribution in [3.8, 4) is 23.0 Å². The molecule has 2 aromatic rings. The summed E-state index contributed by atoms with van der Waals surface area (Å²) in [5.74, 6) is 2.28. The Morgan fingerprint density at radius 2 is 1.76 bits per heavy atom. The Balaban J connectivity index is 1.74. The molecule has 2 aliphatic carbocycles. The molecule has 3 aliphatic rings. The van der Waals surface area contributed by atoms with Gasteiger partial charge in [-0.15, -0.1) is 0 Å².